The predicted molar refractivity (Wildman–Crippen MR) is 96.8 cm³/mol. The minimum atomic E-state index is -0.374. The highest BCUT2D eigenvalue weighted by Gasteiger charge is 2.14. The molecule has 0 bridgehead atoms. The Morgan fingerprint density at radius 2 is 1.80 bits per heavy atom. The van der Waals surface area contributed by atoms with Crippen LogP contribution in [0.1, 0.15) is 10.4 Å². The van der Waals surface area contributed by atoms with E-state index < -0.39 is 0 Å². The number of rotatable bonds is 4. The number of methoxy groups -OCH3 is 3. The molecular formula is C18H18N2O4S. The minimum Gasteiger partial charge on any atom is -0.497 e. The Kier molecular flexibility index (Phi) is 4.76. The maximum absolute atomic E-state index is 12.7. The number of ether oxygens (including phenoxy) is 3. The number of carbonyl (C=O) groups is 1. The van der Waals surface area contributed by atoms with Crippen LogP contribution in [0.15, 0.2) is 41.4 Å². The van der Waals surface area contributed by atoms with E-state index >= 15 is 0 Å². The third-order valence-corrected chi connectivity index (χ3v) is 4.94. The van der Waals surface area contributed by atoms with Gasteiger partial charge in [0.15, 0.2) is 4.80 Å². The first-order chi connectivity index (χ1) is 12.1. The standard InChI is InChI=1S/C18H18N2O4S/c1-20-16-13(23-3)6-5-7-15(16)25-18(20)19-17(21)12-9-8-11(22-2)10-14(12)24-4/h5-10H,1-4H3. The first-order valence-electron chi connectivity index (χ1n) is 7.52. The molecular weight excluding hydrogens is 340 g/mol. The fourth-order valence-corrected chi connectivity index (χ4v) is 3.60. The lowest BCUT2D eigenvalue weighted by atomic mass is 10.2. The van der Waals surface area contributed by atoms with Crippen LogP contribution < -0.4 is 19.0 Å². The summed E-state index contributed by atoms with van der Waals surface area (Å²) in [6.45, 7) is 0. The largest absolute Gasteiger partial charge is 0.497 e. The van der Waals surface area contributed by atoms with Crippen molar-refractivity contribution in [3.63, 3.8) is 0 Å². The molecule has 0 N–H and O–H groups in total. The molecule has 0 aliphatic rings. The molecule has 7 heteroatoms. The molecule has 25 heavy (non-hydrogen) atoms. The number of para-hydroxylation sites is 1. The Hall–Kier alpha value is -2.80. The maximum Gasteiger partial charge on any atom is 0.283 e. The van der Waals surface area contributed by atoms with E-state index in [1.807, 2.05) is 29.8 Å². The van der Waals surface area contributed by atoms with Crippen molar-refractivity contribution in [3.8, 4) is 17.2 Å². The van der Waals surface area contributed by atoms with Crippen LogP contribution in [0, 0.1) is 0 Å². The van der Waals surface area contributed by atoms with E-state index in [4.69, 9.17) is 14.2 Å². The van der Waals surface area contributed by atoms with Gasteiger partial charge in [-0.25, -0.2) is 0 Å². The average molecular weight is 358 g/mol. The molecule has 2 aromatic carbocycles. The number of fused-ring (bicyclic) bond motifs is 1. The van der Waals surface area contributed by atoms with Gasteiger partial charge in [-0.2, -0.15) is 4.99 Å². The summed E-state index contributed by atoms with van der Waals surface area (Å²) in [5.41, 5.74) is 1.29. The van der Waals surface area contributed by atoms with Gasteiger partial charge >= 0.3 is 0 Å². The third-order valence-electron chi connectivity index (χ3n) is 3.84. The van der Waals surface area contributed by atoms with Crippen molar-refractivity contribution in [2.75, 3.05) is 21.3 Å². The molecule has 0 aliphatic carbocycles. The van der Waals surface area contributed by atoms with Gasteiger partial charge in [-0.1, -0.05) is 17.4 Å². The Morgan fingerprint density at radius 1 is 1.04 bits per heavy atom. The SMILES string of the molecule is COc1ccc(C(=O)N=c2sc3cccc(OC)c3n2C)c(OC)c1. The number of thiazole rings is 1. The van der Waals surface area contributed by atoms with Crippen LogP contribution in [-0.2, 0) is 7.05 Å². The minimum absolute atomic E-state index is 0.374. The molecule has 130 valence electrons. The summed E-state index contributed by atoms with van der Waals surface area (Å²) in [4.78, 5) is 17.5. The van der Waals surface area contributed by atoms with Crippen molar-refractivity contribution in [2.45, 2.75) is 0 Å². The number of hydrogen-bond donors (Lipinski definition) is 0. The molecule has 1 heterocycles. The highest BCUT2D eigenvalue weighted by atomic mass is 32.1. The second-order valence-electron chi connectivity index (χ2n) is 5.23. The Labute approximate surface area is 148 Å². The van der Waals surface area contributed by atoms with Gasteiger partial charge in [0.05, 0.1) is 31.6 Å². The number of benzene rings is 2. The topological polar surface area (TPSA) is 62.0 Å². The number of aromatic nitrogens is 1. The van der Waals surface area contributed by atoms with Crippen molar-refractivity contribution in [2.24, 2.45) is 12.0 Å². The van der Waals surface area contributed by atoms with Crippen molar-refractivity contribution in [1.82, 2.24) is 4.57 Å². The summed E-state index contributed by atoms with van der Waals surface area (Å²) in [6, 6.07) is 10.8. The summed E-state index contributed by atoms with van der Waals surface area (Å²) in [7, 11) is 6.55. The zero-order valence-electron chi connectivity index (χ0n) is 14.4. The number of amides is 1. The summed E-state index contributed by atoms with van der Waals surface area (Å²) < 4.78 is 18.7. The van der Waals surface area contributed by atoms with Crippen LogP contribution in [0.25, 0.3) is 10.2 Å². The van der Waals surface area contributed by atoms with Crippen molar-refractivity contribution < 1.29 is 19.0 Å². The smallest absolute Gasteiger partial charge is 0.283 e. The molecule has 0 unspecified atom stereocenters. The summed E-state index contributed by atoms with van der Waals surface area (Å²) in [5, 5.41) is 0. The molecule has 0 aliphatic heterocycles. The van der Waals surface area contributed by atoms with E-state index in [0.717, 1.165) is 16.0 Å². The zero-order chi connectivity index (χ0) is 18.0. The summed E-state index contributed by atoms with van der Waals surface area (Å²) >= 11 is 1.43. The van der Waals surface area contributed by atoms with Gasteiger partial charge in [-0.15, -0.1) is 0 Å². The Morgan fingerprint density at radius 3 is 2.48 bits per heavy atom. The lowest BCUT2D eigenvalue weighted by Gasteiger charge is -2.07. The van der Waals surface area contributed by atoms with Gasteiger partial charge in [0.25, 0.3) is 5.91 Å². The van der Waals surface area contributed by atoms with Crippen LogP contribution in [0.3, 0.4) is 0 Å². The third kappa shape index (κ3) is 3.10. The normalized spacial score (nSPS) is 11.6. The van der Waals surface area contributed by atoms with Gasteiger partial charge in [0.1, 0.15) is 22.8 Å². The van der Waals surface area contributed by atoms with E-state index in [1.54, 1.807) is 32.4 Å². The molecule has 0 atom stereocenters. The van der Waals surface area contributed by atoms with Crippen molar-refractivity contribution >= 4 is 27.5 Å². The molecule has 6 nitrogen and oxygen atoms in total. The molecule has 0 fully saturated rings. The number of nitrogens with zero attached hydrogens (tertiary/aromatic N) is 2. The predicted octanol–water partition coefficient (Wildman–Crippen LogP) is 3.01. The molecule has 0 saturated carbocycles. The molecule has 0 saturated heterocycles. The van der Waals surface area contributed by atoms with Crippen LogP contribution >= 0.6 is 11.3 Å². The van der Waals surface area contributed by atoms with Crippen molar-refractivity contribution in [3.05, 3.63) is 46.8 Å². The fourth-order valence-electron chi connectivity index (χ4n) is 2.56. The van der Waals surface area contributed by atoms with Gasteiger partial charge in [0.2, 0.25) is 0 Å². The zero-order valence-corrected chi connectivity index (χ0v) is 15.2. The fraction of sp³-hybridized carbons (Fsp3) is 0.222. The van der Waals surface area contributed by atoms with Crippen molar-refractivity contribution in [1.29, 1.82) is 0 Å². The van der Waals surface area contributed by atoms with Crippen LogP contribution in [-0.4, -0.2) is 31.8 Å². The number of carbonyl (C=O) groups excluding carboxylic acids is 1. The van der Waals surface area contributed by atoms with E-state index in [0.29, 0.717) is 21.9 Å². The average Bonchev–Trinajstić information content (AvgIpc) is 2.96. The number of aryl methyl sites for hydroxylation is 1. The molecule has 1 aromatic heterocycles. The Bertz CT molecular complexity index is 1000. The van der Waals surface area contributed by atoms with Gasteiger partial charge in [-0.05, 0) is 24.3 Å². The lowest BCUT2D eigenvalue weighted by Crippen LogP contribution is -2.14. The second kappa shape index (κ2) is 6.98. The molecule has 0 spiro atoms. The Balaban J connectivity index is 2.11. The van der Waals surface area contributed by atoms with E-state index in [2.05, 4.69) is 4.99 Å². The molecule has 3 rings (SSSR count). The summed E-state index contributed by atoms with van der Waals surface area (Å²) in [6.07, 6.45) is 0. The second-order valence-corrected chi connectivity index (χ2v) is 6.24. The monoisotopic (exact) mass is 358 g/mol. The van der Waals surface area contributed by atoms with Gasteiger partial charge in [-0.3, -0.25) is 4.79 Å². The van der Waals surface area contributed by atoms with Gasteiger partial charge < -0.3 is 18.8 Å². The highest BCUT2D eigenvalue weighted by molar-refractivity contribution is 7.16. The van der Waals surface area contributed by atoms with Crippen LogP contribution in [0.5, 0.6) is 17.2 Å². The first-order valence-corrected chi connectivity index (χ1v) is 8.34. The molecule has 3 aromatic rings. The van der Waals surface area contributed by atoms with E-state index in [-0.39, 0.29) is 5.91 Å². The van der Waals surface area contributed by atoms with E-state index in [1.165, 1.54) is 18.4 Å². The van der Waals surface area contributed by atoms with Crippen LogP contribution in [0.4, 0.5) is 0 Å². The first kappa shape index (κ1) is 17.0. The molecule has 1 amide bonds. The quantitative estimate of drug-likeness (QED) is 0.719. The van der Waals surface area contributed by atoms with E-state index in [9.17, 15) is 4.79 Å². The lowest BCUT2D eigenvalue weighted by molar-refractivity contribution is 0.0995. The number of hydrogen-bond acceptors (Lipinski definition) is 5. The highest BCUT2D eigenvalue weighted by Crippen LogP contribution is 2.27. The van der Waals surface area contributed by atoms with Gasteiger partial charge in [0, 0.05) is 13.1 Å². The molecule has 0 radical (unpaired) electrons. The maximum atomic E-state index is 12.7. The van der Waals surface area contributed by atoms with Crippen LogP contribution in [0.2, 0.25) is 0 Å². The summed E-state index contributed by atoms with van der Waals surface area (Å²) in [5.74, 6) is 1.41.